The number of furan rings is 1. The zero-order valence-corrected chi connectivity index (χ0v) is 15.4. The van der Waals surface area contributed by atoms with Crippen LogP contribution in [0.2, 0.25) is 0 Å². The summed E-state index contributed by atoms with van der Waals surface area (Å²) in [5.74, 6) is 9.46. The highest BCUT2D eigenvalue weighted by atomic mass is 32.2. The van der Waals surface area contributed by atoms with Crippen LogP contribution >= 0.6 is 11.8 Å². The van der Waals surface area contributed by atoms with Gasteiger partial charge >= 0.3 is 0 Å². The lowest BCUT2D eigenvalue weighted by Gasteiger charge is -2.01. The van der Waals surface area contributed by atoms with Crippen LogP contribution in [0.3, 0.4) is 0 Å². The number of rotatable bonds is 6. The Morgan fingerprint density at radius 3 is 2.93 bits per heavy atom. The Morgan fingerprint density at radius 1 is 1.26 bits per heavy atom. The molecule has 138 valence electrons. The van der Waals surface area contributed by atoms with Gasteiger partial charge in [0.05, 0.1) is 24.7 Å². The first-order chi connectivity index (χ1) is 13.2. The molecule has 3 heterocycles. The van der Waals surface area contributed by atoms with Crippen molar-refractivity contribution in [3.05, 3.63) is 48.2 Å². The molecule has 0 spiro atoms. The predicted molar refractivity (Wildman–Crippen MR) is 98.5 cm³/mol. The molecule has 0 radical (unpaired) electrons. The summed E-state index contributed by atoms with van der Waals surface area (Å²) in [5, 5.41) is 12.8. The number of methoxy groups -OCH3 is 1. The van der Waals surface area contributed by atoms with Crippen molar-refractivity contribution in [2.75, 3.05) is 13.0 Å². The lowest BCUT2D eigenvalue weighted by molar-refractivity contribution is 0.391. The minimum absolute atomic E-state index is 0.413. The first kappa shape index (κ1) is 17.2. The molecule has 0 bridgehead atoms. The van der Waals surface area contributed by atoms with Crippen molar-refractivity contribution in [2.24, 2.45) is 0 Å². The number of nitrogens with two attached hydrogens (primary N) is 1. The third kappa shape index (κ3) is 3.38. The van der Waals surface area contributed by atoms with Gasteiger partial charge in [-0.25, -0.2) is 4.68 Å². The van der Waals surface area contributed by atoms with Crippen LogP contribution in [-0.4, -0.2) is 32.1 Å². The van der Waals surface area contributed by atoms with E-state index in [2.05, 4.69) is 20.3 Å². The summed E-state index contributed by atoms with van der Waals surface area (Å²) in [6.45, 7) is 1.84. The van der Waals surface area contributed by atoms with Gasteiger partial charge in [0.15, 0.2) is 5.82 Å². The van der Waals surface area contributed by atoms with E-state index >= 15 is 0 Å². The predicted octanol–water partition coefficient (Wildman–Crippen LogP) is 2.91. The molecule has 0 saturated carbocycles. The molecule has 0 saturated heterocycles. The van der Waals surface area contributed by atoms with E-state index in [1.807, 2.05) is 31.2 Å². The molecule has 9 nitrogen and oxygen atoms in total. The van der Waals surface area contributed by atoms with E-state index in [4.69, 9.17) is 19.5 Å². The van der Waals surface area contributed by atoms with Crippen LogP contribution in [-0.2, 0) is 5.75 Å². The number of ether oxygens (including phenoxy) is 1. The molecular weight excluding hydrogens is 368 g/mol. The molecule has 3 aromatic heterocycles. The molecule has 2 N–H and O–H groups in total. The molecule has 0 unspecified atom stereocenters. The average molecular weight is 384 g/mol. The van der Waals surface area contributed by atoms with E-state index in [1.54, 1.807) is 19.4 Å². The van der Waals surface area contributed by atoms with E-state index in [-0.39, 0.29) is 0 Å². The van der Waals surface area contributed by atoms with E-state index < -0.39 is 0 Å². The topological polar surface area (TPSA) is 118 Å². The summed E-state index contributed by atoms with van der Waals surface area (Å²) in [4.78, 5) is 4.40. The van der Waals surface area contributed by atoms with Gasteiger partial charge in [-0.05, 0) is 25.1 Å². The summed E-state index contributed by atoms with van der Waals surface area (Å²) in [6.07, 6.45) is 1.59. The fourth-order valence-electron chi connectivity index (χ4n) is 2.50. The van der Waals surface area contributed by atoms with Crippen LogP contribution < -0.4 is 10.6 Å². The van der Waals surface area contributed by atoms with E-state index in [9.17, 15) is 0 Å². The number of aromatic nitrogens is 5. The SMILES string of the molecule is COc1cccc(-c2noc(CSc3nnc(-c4ccoc4C)n3N)n2)c1. The van der Waals surface area contributed by atoms with Gasteiger partial charge < -0.3 is 19.5 Å². The van der Waals surface area contributed by atoms with Crippen molar-refractivity contribution in [2.45, 2.75) is 17.8 Å². The normalized spacial score (nSPS) is 11.0. The summed E-state index contributed by atoms with van der Waals surface area (Å²) in [6, 6.07) is 9.26. The molecule has 0 aliphatic heterocycles. The Bertz CT molecular complexity index is 1070. The molecule has 0 fully saturated rings. The monoisotopic (exact) mass is 384 g/mol. The standard InChI is InChI=1S/C17H16N6O3S/c1-10-13(6-7-25-10)16-20-21-17(23(16)18)27-9-14-19-15(22-26-14)11-4-3-5-12(8-11)24-2/h3-8H,9,18H2,1-2H3. The largest absolute Gasteiger partial charge is 0.497 e. The number of benzene rings is 1. The smallest absolute Gasteiger partial charge is 0.237 e. The number of thioether (sulfide) groups is 1. The van der Waals surface area contributed by atoms with Crippen molar-refractivity contribution in [3.63, 3.8) is 0 Å². The first-order valence-corrected chi connectivity index (χ1v) is 8.99. The molecule has 0 amide bonds. The lowest BCUT2D eigenvalue weighted by Crippen LogP contribution is -2.11. The fourth-order valence-corrected chi connectivity index (χ4v) is 3.19. The summed E-state index contributed by atoms with van der Waals surface area (Å²) in [7, 11) is 1.61. The minimum atomic E-state index is 0.413. The Balaban J connectivity index is 1.48. The molecule has 0 atom stereocenters. The second-order valence-corrected chi connectivity index (χ2v) is 6.54. The maximum atomic E-state index is 6.10. The fraction of sp³-hybridized carbons (Fsp3) is 0.176. The second kappa shape index (κ2) is 7.16. The highest BCUT2D eigenvalue weighted by Gasteiger charge is 2.17. The second-order valence-electron chi connectivity index (χ2n) is 5.60. The highest BCUT2D eigenvalue weighted by Crippen LogP contribution is 2.27. The molecule has 10 heteroatoms. The Kier molecular flexibility index (Phi) is 4.55. The van der Waals surface area contributed by atoms with Gasteiger partial charge in [0, 0.05) is 5.56 Å². The molecule has 4 aromatic rings. The van der Waals surface area contributed by atoms with E-state index in [0.29, 0.717) is 28.4 Å². The third-order valence-electron chi connectivity index (χ3n) is 3.89. The van der Waals surface area contributed by atoms with Crippen LogP contribution in [0.5, 0.6) is 5.75 Å². The van der Waals surface area contributed by atoms with Crippen molar-refractivity contribution >= 4 is 11.8 Å². The van der Waals surface area contributed by atoms with Crippen molar-refractivity contribution in [1.82, 2.24) is 25.0 Å². The molecule has 4 rings (SSSR count). The van der Waals surface area contributed by atoms with Crippen LogP contribution in [0.25, 0.3) is 22.8 Å². The van der Waals surface area contributed by atoms with Gasteiger partial charge in [-0.1, -0.05) is 29.1 Å². The van der Waals surface area contributed by atoms with E-state index in [0.717, 1.165) is 22.6 Å². The number of hydrogen-bond donors (Lipinski definition) is 1. The van der Waals surface area contributed by atoms with Crippen molar-refractivity contribution < 1.29 is 13.7 Å². The maximum Gasteiger partial charge on any atom is 0.237 e. The number of nitrogens with zero attached hydrogens (tertiary/aromatic N) is 5. The minimum Gasteiger partial charge on any atom is -0.497 e. The average Bonchev–Trinajstić information content (AvgIpc) is 3.41. The zero-order chi connectivity index (χ0) is 18.8. The van der Waals surface area contributed by atoms with Crippen LogP contribution in [0, 0.1) is 6.92 Å². The quantitative estimate of drug-likeness (QED) is 0.395. The number of aryl methyl sites for hydroxylation is 1. The number of nitrogen functional groups attached to an aromatic ring is 1. The molecule has 1 aromatic carbocycles. The van der Waals surface area contributed by atoms with Gasteiger partial charge in [-0.3, -0.25) is 0 Å². The van der Waals surface area contributed by atoms with Crippen molar-refractivity contribution in [3.8, 4) is 28.5 Å². The lowest BCUT2D eigenvalue weighted by atomic mass is 10.2. The molecule has 27 heavy (non-hydrogen) atoms. The third-order valence-corrected chi connectivity index (χ3v) is 4.81. The van der Waals surface area contributed by atoms with Crippen molar-refractivity contribution in [1.29, 1.82) is 0 Å². The summed E-state index contributed by atoms with van der Waals surface area (Å²) in [5.41, 5.74) is 1.61. The molecule has 0 aliphatic carbocycles. The van der Waals surface area contributed by atoms with Crippen LogP contribution in [0.15, 0.2) is 50.7 Å². The first-order valence-electron chi connectivity index (χ1n) is 8.00. The number of hydrogen-bond acceptors (Lipinski definition) is 9. The maximum absolute atomic E-state index is 6.10. The highest BCUT2D eigenvalue weighted by molar-refractivity contribution is 7.98. The molecular formula is C17H16N6O3S. The van der Waals surface area contributed by atoms with Crippen LogP contribution in [0.1, 0.15) is 11.7 Å². The van der Waals surface area contributed by atoms with Gasteiger partial charge in [0.2, 0.25) is 16.9 Å². The van der Waals surface area contributed by atoms with Gasteiger partial charge in [-0.2, -0.15) is 4.98 Å². The van der Waals surface area contributed by atoms with Gasteiger partial charge in [0.25, 0.3) is 0 Å². The zero-order valence-electron chi connectivity index (χ0n) is 14.6. The Morgan fingerprint density at radius 2 is 2.15 bits per heavy atom. The summed E-state index contributed by atoms with van der Waals surface area (Å²) < 4.78 is 17.2. The molecule has 0 aliphatic rings. The van der Waals surface area contributed by atoms with Crippen LogP contribution in [0.4, 0.5) is 0 Å². The van der Waals surface area contributed by atoms with Gasteiger partial charge in [-0.15, -0.1) is 10.2 Å². The Hall–Kier alpha value is -3.27. The van der Waals surface area contributed by atoms with E-state index in [1.165, 1.54) is 16.4 Å². The summed E-state index contributed by atoms with van der Waals surface area (Å²) >= 11 is 1.35. The Labute approximate surface area is 158 Å². The van der Waals surface area contributed by atoms with Gasteiger partial charge in [0.1, 0.15) is 11.5 Å².